The van der Waals surface area contributed by atoms with Crippen LogP contribution in [0.5, 0.6) is 0 Å². The van der Waals surface area contributed by atoms with Crippen molar-refractivity contribution < 1.29 is 4.39 Å². The first-order valence-electron chi connectivity index (χ1n) is 5.95. The van der Waals surface area contributed by atoms with Gasteiger partial charge in [0.1, 0.15) is 5.82 Å². The zero-order valence-corrected chi connectivity index (χ0v) is 12.2. The quantitative estimate of drug-likeness (QED) is 0.776. The largest absolute Gasteiger partial charge is 0.378 e. The van der Waals surface area contributed by atoms with Crippen LogP contribution in [0.2, 0.25) is 10.0 Å². The topological polar surface area (TPSA) is 12.0 Å². The van der Waals surface area contributed by atoms with Gasteiger partial charge in [0.15, 0.2) is 0 Å². The summed E-state index contributed by atoms with van der Waals surface area (Å²) in [4.78, 5) is 0. The third-order valence-electron chi connectivity index (χ3n) is 2.99. The Balaban J connectivity index is 2.23. The molecule has 0 aliphatic heterocycles. The molecule has 1 nitrogen and oxygen atoms in total. The lowest BCUT2D eigenvalue weighted by atomic mass is 10.1. The Morgan fingerprint density at radius 2 is 1.89 bits per heavy atom. The zero-order valence-electron chi connectivity index (χ0n) is 10.7. The fourth-order valence-corrected chi connectivity index (χ4v) is 2.39. The SMILES string of the molecule is Cc1cc(NC(C)c2cccc(Cl)c2Cl)ccc1F. The highest BCUT2D eigenvalue weighted by Gasteiger charge is 2.12. The van der Waals surface area contributed by atoms with E-state index in [1.165, 1.54) is 6.07 Å². The van der Waals surface area contributed by atoms with Crippen molar-refractivity contribution in [1.29, 1.82) is 0 Å². The molecule has 0 fully saturated rings. The Kier molecular flexibility index (Phi) is 4.33. The molecule has 0 radical (unpaired) electrons. The maximum atomic E-state index is 13.2. The summed E-state index contributed by atoms with van der Waals surface area (Å²) in [5, 5.41) is 4.36. The molecule has 0 saturated carbocycles. The summed E-state index contributed by atoms with van der Waals surface area (Å²) in [6.45, 7) is 3.72. The minimum atomic E-state index is -0.209. The summed E-state index contributed by atoms with van der Waals surface area (Å²) in [7, 11) is 0. The van der Waals surface area contributed by atoms with E-state index >= 15 is 0 Å². The van der Waals surface area contributed by atoms with E-state index in [-0.39, 0.29) is 11.9 Å². The number of benzene rings is 2. The van der Waals surface area contributed by atoms with E-state index in [4.69, 9.17) is 23.2 Å². The van der Waals surface area contributed by atoms with Crippen molar-refractivity contribution in [3.63, 3.8) is 0 Å². The first kappa shape index (κ1) is 14.2. The fraction of sp³-hybridized carbons (Fsp3) is 0.200. The fourth-order valence-electron chi connectivity index (χ4n) is 1.92. The molecule has 2 aromatic rings. The molecule has 1 atom stereocenters. The maximum Gasteiger partial charge on any atom is 0.126 e. The number of anilines is 1. The second-order valence-electron chi connectivity index (χ2n) is 4.47. The third kappa shape index (κ3) is 3.20. The van der Waals surface area contributed by atoms with E-state index in [9.17, 15) is 4.39 Å². The second kappa shape index (κ2) is 5.81. The Hall–Kier alpha value is -1.25. The van der Waals surface area contributed by atoms with E-state index in [0.29, 0.717) is 15.6 Å². The zero-order chi connectivity index (χ0) is 14.0. The molecule has 1 unspecified atom stereocenters. The van der Waals surface area contributed by atoms with Crippen molar-refractivity contribution >= 4 is 28.9 Å². The lowest BCUT2D eigenvalue weighted by molar-refractivity contribution is 0.618. The highest BCUT2D eigenvalue weighted by molar-refractivity contribution is 6.42. The van der Waals surface area contributed by atoms with E-state index < -0.39 is 0 Å². The Morgan fingerprint density at radius 1 is 1.16 bits per heavy atom. The molecule has 0 saturated heterocycles. The molecule has 0 heterocycles. The van der Waals surface area contributed by atoms with E-state index in [1.807, 2.05) is 19.1 Å². The summed E-state index contributed by atoms with van der Waals surface area (Å²) >= 11 is 12.2. The average Bonchev–Trinajstić information content (AvgIpc) is 2.37. The highest BCUT2D eigenvalue weighted by Crippen LogP contribution is 2.31. The van der Waals surface area contributed by atoms with Gasteiger partial charge in [0.2, 0.25) is 0 Å². The van der Waals surface area contributed by atoms with Crippen LogP contribution in [0.15, 0.2) is 36.4 Å². The Labute approximate surface area is 122 Å². The second-order valence-corrected chi connectivity index (χ2v) is 5.26. The molecule has 2 aromatic carbocycles. The predicted octanol–water partition coefficient (Wildman–Crippen LogP) is 5.61. The predicted molar refractivity (Wildman–Crippen MR) is 79.6 cm³/mol. The summed E-state index contributed by atoms with van der Waals surface area (Å²) in [5.74, 6) is -0.209. The molecule has 2 rings (SSSR count). The van der Waals surface area contributed by atoms with Crippen LogP contribution in [0.25, 0.3) is 0 Å². The number of hydrogen-bond acceptors (Lipinski definition) is 1. The molecular formula is C15H14Cl2FN. The van der Waals surface area contributed by atoms with E-state index in [2.05, 4.69) is 5.32 Å². The van der Waals surface area contributed by atoms with Gasteiger partial charge in [0.25, 0.3) is 0 Å². The standard InChI is InChI=1S/C15H14Cl2FN/c1-9-8-11(6-7-14(9)18)19-10(2)12-4-3-5-13(16)15(12)17/h3-8,10,19H,1-2H3. The molecule has 0 aromatic heterocycles. The Morgan fingerprint density at radius 3 is 2.58 bits per heavy atom. The van der Waals surface area contributed by atoms with Gasteiger partial charge in [-0.25, -0.2) is 4.39 Å². The number of hydrogen-bond donors (Lipinski definition) is 1. The van der Waals surface area contributed by atoms with Crippen LogP contribution >= 0.6 is 23.2 Å². The number of rotatable bonds is 3. The van der Waals surface area contributed by atoms with Gasteiger partial charge >= 0.3 is 0 Å². The van der Waals surface area contributed by atoms with Crippen molar-refractivity contribution in [2.24, 2.45) is 0 Å². The molecule has 4 heteroatoms. The molecule has 19 heavy (non-hydrogen) atoms. The van der Waals surface area contributed by atoms with Crippen LogP contribution in [0.4, 0.5) is 10.1 Å². The molecule has 0 bridgehead atoms. The minimum absolute atomic E-state index is 0.0175. The van der Waals surface area contributed by atoms with Crippen molar-refractivity contribution in [2.45, 2.75) is 19.9 Å². The number of nitrogens with one attached hydrogen (secondary N) is 1. The molecule has 1 N–H and O–H groups in total. The molecule has 0 amide bonds. The van der Waals surface area contributed by atoms with Gasteiger partial charge in [0, 0.05) is 5.69 Å². The number of aryl methyl sites for hydroxylation is 1. The van der Waals surface area contributed by atoms with Crippen molar-refractivity contribution in [3.8, 4) is 0 Å². The van der Waals surface area contributed by atoms with E-state index in [0.717, 1.165) is 11.3 Å². The maximum absolute atomic E-state index is 13.2. The molecular weight excluding hydrogens is 284 g/mol. The van der Waals surface area contributed by atoms with Crippen LogP contribution < -0.4 is 5.32 Å². The monoisotopic (exact) mass is 297 g/mol. The van der Waals surface area contributed by atoms with Crippen molar-refractivity contribution in [3.05, 3.63) is 63.4 Å². The van der Waals surface area contributed by atoms with Crippen LogP contribution in [-0.2, 0) is 0 Å². The highest BCUT2D eigenvalue weighted by atomic mass is 35.5. The lowest BCUT2D eigenvalue weighted by Gasteiger charge is -2.18. The van der Waals surface area contributed by atoms with Crippen LogP contribution in [0, 0.1) is 12.7 Å². The molecule has 100 valence electrons. The van der Waals surface area contributed by atoms with Gasteiger partial charge in [-0.2, -0.15) is 0 Å². The van der Waals surface area contributed by atoms with Gasteiger partial charge in [0.05, 0.1) is 16.1 Å². The Bertz CT molecular complexity index is 599. The minimum Gasteiger partial charge on any atom is -0.378 e. The molecule has 0 spiro atoms. The van der Waals surface area contributed by atoms with Crippen LogP contribution in [0.1, 0.15) is 24.1 Å². The first-order valence-corrected chi connectivity index (χ1v) is 6.71. The van der Waals surface area contributed by atoms with Crippen LogP contribution in [0.3, 0.4) is 0 Å². The summed E-state index contributed by atoms with van der Waals surface area (Å²) < 4.78 is 13.2. The summed E-state index contributed by atoms with van der Waals surface area (Å²) in [6, 6.07) is 10.4. The van der Waals surface area contributed by atoms with Crippen LogP contribution in [-0.4, -0.2) is 0 Å². The van der Waals surface area contributed by atoms with Crippen molar-refractivity contribution in [2.75, 3.05) is 5.32 Å². The van der Waals surface area contributed by atoms with Crippen molar-refractivity contribution in [1.82, 2.24) is 0 Å². The van der Waals surface area contributed by atoms with Gasteiger partial charge in [-0.05, 0) is 49.2 Å². The first-order chi connectivity index (χ1) is 8.99. The summed E-state index contributed by atoms with van der Waals surface area (Å²) in [6.07, 6.45) is 0. The van der Waals surface area contributed by atoms with Gasteiger partial charge in [-0.3, -0.25) is 0 Å². The van der Waals surface area contributed by atoms with Gasteiger partial charge < -0.3 is 5.32 Å². The smallest absolute Gasteiger partial charge is 0.126 e. The lowest BCUT2D eigenvalue weighted by Crippen LogP contribution is -2.07. The molecule has 0 aliphatic carbocycles. The summed E-state index contributed by atoms with van der Waals surface area (Å²) in [5.41, 5.74) is 2.37. The average molecular weight is 298 g/mol. The van der Waals surface area contributed by atoms with Gasteiger partial charge in [-0.15, -0.1) is 0 Å². The number of halogens is 3. The normalized spacial score (nSPS) is 12.3. The third-order valence-corrected chi connectivity index (χ3v) is 3.82. The molecule has 0 aliphatic rings. The van der Waals surface area contributed by atoms with Gasteiger partial charge in [-0.1, -0.05) is 35.3 Å². The van der Waals surface area contributed by atoms with E-state index in [1.54, 1.807) is 25.1 Å².